The first kappa shape index (κ1) is 29.5. The quantitative estimate of drug-likeness (QED) is 0.255. The van der Waals surface area contributed by atoms with Crippen LogP contribution in [0.15, 0.2) is 0 Å². The van der Waals surface area contributed by atoms with Crippen molar-refractivity contribution in [1.82, 2.24) is 0 Å². The van der Waals surface area contributed by atoms with Gasteiger partial charge in [0, 0.05) is 37.6 Å². The molecule has 0 bridgehead atoms. The fourth-order valence-electron chi connectivity index (χ4n) is 1.34. The van der Waals surface area contributed by atoms with E-state index in [1.165, 1.54) is 44.9 Å². The third-order valence-corrected chi connectivity index (χ3v) is 2.72. The third-order valence-electron chi connectivity index (χ3n) is 2.72. The van der Waals surface area contributed by atoms with Gasteiger partial charge in [-0.3, -0.25) is 9.11 Å². The molecule has 1 atom stereocenters. The number of hydrogen-bond donors (Lipinski definition) is 3. The molecule has 2 saturated heterocycles. The van der Waals surface area contributed by atoms with Gasteiger partial charge in [-0.15, -0.1) is 0 Å². The van der Waals surface area contributed by atoms with Crippen LogP contribution in [-0.2, 0) is 19.9 Å². The van der Waals surface area contributed by atoms with Crippen LogP contribution in [0.5, 0.6) is 0 Å². The summed E-state index contributed by atoms with van der Waals surface area (Å²) in [5.41, 5.74) is 0. The van der Waals surface area contributed by atoms with E-state index in [9.17, 15) is 0 Å². The van der Waals surface area contributed by atoms with E-state index in [2.05, 4.69) is 18.6 Å². The molecule has 0 aromatic heterocycles. The molecule has 0 aromatic rings. The van der Waals surface area contributed by atoms with E-state index in [0.717, 1.165) is 26.2 Å². The molecular weight excluding hydrogens is 347 g/mol. The van der Waals surface area contributed by atoms with Crippen molar-refractivity contribution in [3.8, 4) is 0 Å². The van der Waals surface area contributed by atoms with Crippen molar-refractivity contribution < 1.29 is 33.5 Å². The van der Waals surface area contributed by atoms with Crippen LogP contribution >= 0.6 is 0 Å². The van der Waals surface area contributed by atoms with Crippen molar-refractivity contribution in [1.29, 1.82) is 0 Å². The minimum Gasteiger partial charge on any atom is -0.396 e. The van der Waals surface area contributed by atoms with Gasteiger partial charge in [-0.05, 0) is 13.3 Å². The van der Waals surface area contributed by atoms with E-state index < -0.39 is 10.4 Å². The summed E-state index contributed by atoms with van der Waals surface area (Å²) in [4.78, 5) is 0. The Bertz CT molecular complexity index is 307. The van der Waals surface area contributed by atoms with Crippen molar-refractivity contribution in [2.75, 3.05) is 26.4 Å². The summed E-state index contributed by atoms with van der Waals surface area (Å²) in [6.07, 6.45) is 11.0. The molecule has 145 valence electrons. The molecule has 9 heteroatoms. The van der Waals surface area contributed by atoms with Gasteiger partial charge in [0.2, 0.25) is 0 Å². The predicted octanol–water partition coefficient (Wildman–Crippen LogP) is 2.75. The molecule has 0 aliphatic carbocycles. The number of rotatable bonds is 8. The number of aliphatic hydroxyl groups is 1. The Labute approximate surface area is 170 Å². The molecule has 3 N–H and O–H groups in total. The van der Waals surface area contributed by atoms with Crippen LogP contribution in [0.2, 0.25) is 0 Å². The SMILES string of the molecule is C1CO1.CC1CO1.CCCCCCCCCCO.O=S(=O)(O)O.[HH].[Na]. The number of aliphatic hydroxyl groups excluding tert-OH is 1. The fourth-order valence-corrected chi connectivity index (χ4v) is 1.34. The van der Waals surface area contributed by atoms with Gasteiger partial charge in [0.1, 0.15) is 0 Å². The average Bonchev–Trinajstić information content (AvgIpc) is 3.30. The Morgan fingerprint density at radius 1 is 1.00 bits per heavy atom. The zero-order valence-electron chi connectivity index (χ0n) is 15.4. The smallest absolute Gasteiger partial charge is 0.394 e. The Morgan fingerprint density at radius 3 is 1.50 bits per heavy atom. The molecule has 0 amide bonds. The maximum absolute atomic E-state index is 8.74. The second-order valence-corrected chi connectivity index (χ2v) is 6.30. The molecule has 2 heterocycles. The molecule has 1 radical (unpaired) electrons. The molecule has 24 heavy (non-hydrogen) atoms. The van der Waals surface area contributed by atoms with Gasteiger partial charge in [0.25, 0.3) is 0 Å². The van der Waals surface area contributed by atoms with Gasteiger partial charge in [-0.25, -0.2) is 0 Å². The van der Waals surface area contributed by atoms with Crippen molar-refractivity contribution in [2.45, 2.75) is 71.3 Å². The minimum absolute atomic E-state index is 0. The Balaban J connectivity index is -0.000000130. The normalized spacial score (nSPS) is 16.8. The summed E-state index contributed by atoms with van der Waals surface area (Å²) >= 11 is 0. The van der Waals surface area contributed by atoms with Gasteiger partial charge in [-0.2, -0.15) is 8.42 Å². The van der Waals surface area contributed by atoms with E-state index in [1.807, 2.05) is 0 Å². The summed E-state index contributed by atoms with van der Waals surface area (Å²) in [5, 5.41) is 8.51. The first-order chi connectivity index (χ1) is 10.8. The molecule has 2 aliphatic rings. The van der Waals surface area contributed by atoms with Crippen LogP contribution in [0, 0.1) is 0 Å². The summed E-state index contributed by atoms with van der Waals surface area (Å²) in [6, 6.07) is 0. The zero-order chi connectivity index (χ0) is 18.0. The number of hydrogen-bond acceptors (Lipinski definition) is 5. The van der Waals surface area contributed by atoms with Crippen molar-refractivity contribution in [2.24, 2.45) is 0 Å². The van der Waals surface area contributed by atoms with E-state index in [4.69, 9.17) is 27.4 Å². The van der Waals surface area contributed by atoms with Gasteiger partial charge in [0.05, 0.1) is 25.9 Å². The maximum Gasteiger partial charge on any atom is 0.394 e. The fraction of sp³-hybridized carbons (Fsp3) is 1.00. The first-order valence-corrected chi connectivity index (χ1v) is 9.71. The standard InChI is InChI=1S/C10H22O.C3H6O.C2H4O.Na.H2O4S.H2/c1-2-3-4-5-6-7-8-9-10-11;1-3-2-4-3;1-2-3-1;;1-5(2,3)4;/h11H,2-10H2,1H3;3H,2H2,1H3;1-2H2;;(H2,1,2,3,4);1H. The Morgan fingerprint density at radius 2 is 1.29 bits per heavy atom. The molecule has 2 fully saturated rings. The Kier molecular flexibility index (Phi) is 26.8. The van der Waals surface area contributed by atoms with E-state index in [-0.39, 0.29) is 31.0 Å². The van der Waals surface area contributed by atoms with Gasteiger partial charge in [-0.1, -0.05) is 51.9 Å². The maximum atomic E-state index is 8.74. The van der Waals surface area contributed by atoms with E-state index in [0.29, 0.717) is 12.7 Å². The number of ether oxygens (including phenoxy) is 2. The van der Waals surface area contributed by atoms with Crippen LogP contribution in [0.1, 0.15) is 66.6 Å². The van der Waals surface area contributed by atoms with Crippen molar-refractivity contribution >= 4 is 40.0 Å². The molecule has 0 saturated carbocycles. The first-order valence-electron chi connectivity index (χ1n) is 8.31. The summed E-state index contributed by atoms with van der Waals surface area (Å²) in [5.74, 6) is 0. The summed E-state index contributed by atoms with van der Waals surface area (Å²) in [6.45, 7) is 7.65. The summed E-state index contributed by atoms with van der Waals surface area (Å²) in [7, 11) is -4.67. The second kappa shape index (κ2) is 21.8. The molecule has 2 aliphatic heterocycles. The topological polar surface area (TPSA) is 120 Å². The average molecular weight is 384 g/mol. The molecular formula is C15H36NaO7S. The van der Waals surface area contributed by atoms with Crippen molar-refractivity contribution in [3.63, 3.8) is 0 Å². The van der Waals surface area contributed by atoms with Crippen LogP contribution in [0.4, 0.5) is 0 Å². The van der Waals surface area contributed by atoms with E-state index >= 15 is 0 Å². The summed E-state index contributed by atoms with van der Waals surface area (Å²) < 4.78 is 40.8. The minimum atomic E-state index is -4.67. The molecule has 7 nitrogen and oxygen atoms in total. The number of unbranched alkanes of at least 4 members (excludes halogenated alkanes) is 7. The number of epoxide rings is 2. The van der Waals surface area contributed by atoms with Crippen molar-refractivity contribution in [3.05, 3.63) is 0 Å². The second-order valence-electron chi connectivity index (χ2n) is 5.40. The largest absolute Gasteiger partial charge is 0.396 e. The predicted molar refractivity (Wildman–Crippen MR) is 98.0 cm³/mol. The van der Waals surface area contributed by atoms with Crippen LogP contribution in [0.25, 0.3) is 0 Å². The molecule has 0 aromatic carbocycles. The van der Waals surface area contributed by atoms with Gasteiger partial charge >= 0.3 is 10.4 Å². The van der Waals surface area contributed by atoms with Gasteiger partial charge < -0.3 is 14.6 Å². The van der Waals surface area contributed by atoms with Crippen LogP contribution < -0.4 is 0 Å². The zero-order valence-corrected chi connectivity index (χ0v) is 18.3. The van der Waals surface area contributed by atoms with Crippen LogP contribution in [-0.4, -0.2) is 84.7 Å². The Hall–Kier alpha value is 0.750. The third kappa shape index (κ3) is 66.2. The van der Waals surface area contributed by atoms with Gasteiger partial charge in [0.15, 0.2) is 0 Å². The molecule has 0 spiro atoms. The van der Waals surface area contributed by atoms with E-state index in [1.54, 1.807) is 0 Å². The molecule has 2 rings (SSSR count). The molecule has 1 unspecified atom stereocenters. The van der Waals surface area contributed by atoms with Crippen LogP contribution in [0.3, 0.4) is 0 Å². The monoisotopic (exact) mass is 383 g/mol.